The fourth-order valence-corrected chi connectivity index (χ4v) is 2.06. The molecule has 1 aromatic rings. The Kier molecular flexibility index (Phi) is 1.62. The van der Waals surface area contributed by atoms with E-state index >= 15 is 0 Å². The lowest BCUT2D eigenvalue weighted by Crippen LogP contribution is -2.30. The number of aryl methyl sites for hydroxylation is 1. The highest BCUT2D eigenvalue weighted by Crippen LogP contribution is 2.31. The molecule has 0 N–H and O–H groups in total. The van der Waals surface area contributed by atoms with Gasteiger partial charge in [-0.3, -0.25) is 4.79 Å². The molecule has 1 aliphatic heterocycles. The maximum Gasteiger partial charge on any atom is 0.179 e. The topological polar surface area (TPSA) is 22.0 Å². The number of ketones is 1. The van der Waals surface area contributed by atoms with E-state index in [1.54, 1.807) is 0 Å². The summed E-state index contributed by atoms with van der Waals surface area (Å²) >= 11 is 0. The first kappa shape index (κ1) is 8.54. The van der Waals surface area contributed by atoms with Crippen LogP contribution in [0.5, 0.6) is 0 Å². The summed E-state index contributed by atoms with van der Waals surface area (Å²) < 4.78 is 2.08. The van der Waals surface area contributed by atoms with Crippen LogP contribution in [0, 0.1) is 12.3 Å². The number of hydrogen-bond donors (Lipinski definition) is 0. The largest absolute Gasteiger partial charge is 0.344 e. The summed E-state index contributed by atoms with van der Waals surface area (Å²) in [5, 5.41) is 0. The minimum Gasteiger partial charge on any atom is -0.344 e. The third-order valence-electron chi connectivity index (χ3n) is 2.56. The molecular weight excluding hydrogens is 162 g/mol. The third kappa shape index (κ3) is 1.41. The van der Waals surface area contributed by atoms with E-state index in [0.29, 0.717) is 6.42 Å². The first-order valence-electron chi connectivity index (χ1n) is 4.68. The van der Waals surface area contributed by atoms with Crippen molar-refractivity contribution in [1.29, 1.82) is 0 Å². The smallest absolute Gasteiger partial charge is 0.179 e. The van der Waals surface area contributed by atoms with Crippen LogP contribution in [0.15, 0.2) is 12.3 Å². The SMILES string of the molecule is Cc1cc2n(c1)CC(C)(C)CC2=O. The molecule has 2 nitrogen and oxygen atoms in total. The van der Waals surface area contributed by atoms with Gasteiger partial charge in [0.2, 0.25) is 0 Å². The summed E-state index contributed by atoms with van der Waals surface area (Å²) in [6.07, 6.45) is 2.74. The molecular formula is C11H15NO. The van der Waals surface area contributed by atoms with Crippen LogP contribution in [0.4, 0.5) is 0 Å². The Morgan fingerprint density at radius 2 is 2.15 bits per heavy atom. The highest BCUT2D eigenvalue weighted by molar-refractivity contribution is 5.96. The second-order valence-corrected chi connectivity index (χ2v) is 4.79. The van der Waals surface area contributed by atoms with Gasteiger partial charge in [0.15, 0.2) is 5.78 Å². The zero-order valence-electron chi connectivity index (χ0n) is 8.42. The predicted molar refractivity (Wildman–Crippen MR) is 51.9 cm³/mol. The third-order valence-corrected chi connectivity index (χ3v) is 2.56. The molecule has 1 aliphatic rings. The molecule has 1 aromatic heterocycles. The Labute approximate surface area is 78.6 Å². The average Bonchev–Trinajstić information content (AvgIpc) is 2.27. The van der Waals surface area contributed by atoms with Crippen molar-refractivity contribution in [2.24, 2.45) is 5.41 Å². The molecule has 0 saturated heterocycles. The molecule has 0 bridgehead atoms. The molecule has 0 aliphatic carbocycles. The van der Waals surface area contributed by atoms with Gasteiger partial charge in [0.1, 0.15) is 0 Å². The van der Waals surface area contributed by atoms with E-state index in [4.69, 9.17) is 0 Å². The lowest BCUT2D eigenvalue weighted by atomic mass is 9.84. The Morgan fingerprint density at radius 3 is 2.85 bits per heavy atom. The van der Waals surface area contributed by atoms with Crippen molar-refractivity contribution >= 4 is 5.78 Å². The lowest BCUT2D eigenvalue weighted by molar-refractivity contribution is 0.0870. The van der Waals surface area contributed by atoms with Gasteiger partial charge < -0.3 is 4.57 Å². The fraction of sp³-hybridized carbons (Fsp3) is 0.545. The quantitative estimate of drug-likeness (QED) is 0.596. The van der Waals surface area contributed by atoms with Crippen LogP contribution in [-0.2, 0) is 6.54 Å². The van der Waals surface area contributed by atoms with Crippen LogP contribution in [-0.4, -0.2) is 10.4 Å². The highest BCUT2D eigenvalue weighted by atomic mass is 16.1. The predicted octanol–water partition coefficient (Wildman–Crippen LogP) is 2.41. The first-order chi connectivity index (χ1) is 5.98. The maximum atomic E-state index is 11.7. The van der Waals surface area contributed by atoms with Crippen LogP contribution in [0.25, 0.3) is 0 Å². The second-order valence-electron chi connectivity index (χ2n) is 4.79. The molecule has 0 atom stereocenters. The Balaban J connectivity index is 2.48. The zero-order chi connectivity index (χ0) is 9.64. The summed E-state index contributed by atoms with van der Waals surface area (Å²) in [6, 6.07) is 1.98. The van der Waals surface area contributed by atoms with Gasteiger partial charge in [0.05, 0.1) is 5.69 Å². The van der Waals surface area contributed by atoms with Gasteiger partial charge in [-0.15, -0.1) is 0 Å². The maximum absolute atomic E-state index is 11.7. The van der Waals surface area contributed by atoms with Crippen LogP contribution in [0.1, 0.15) is 36.3 Å². The minimum absolute atomic E-state index is 0.121. The van der Waals surface area contributed by atoms with E-state index in [1.165, 1.54) is 5.56 Å². The second kappa shape index (κ2) is 2.47. The van der Waals surface area contributed by atoms with Gasteiger partial charge in [-0.2, -0.15) is 0 Å². The molecule has 2 heterocycles. The number of aromatic nitrogens is 1. The number of rotatable bonds is 0. The molecule has 2 heteroatoms. The van der Waals surface area contributed by atoms with Crippen LogP contribution in [0.2, 0.25) is 0 Å². The molecule has 0 aromatic carbocycles. The number of nitrogens with zero attached hydrogens (tertiary/aromatic N) is 1. The summed E-state index contributed by atoms with van der Waals surface area (Å²) in [5.41, 5.74) is 2.19. The van der Waals surface area contributed by atoms with Crippen molar-refractivity contribution < 1.29 is 4.79 Å². The van der Waals surface area contributed by atoms with Crippen molar-refractivity contribution in [2.45, 2.75) is 33.7 Å². The zero-order valence-corrected chi connectivity index (χ0v) is 8.42. The van der Waals surface area contributed by atoms with Crippen LogP contribution >= 0.6 is 0 Å². The Hall–Kier alpha value is -1.05. The molecule has 70 valence electrons. The van der Waals surface area contributed by atoms with Crippen molar-refractivity contribution in [3.63, 3.8) is 0 Å². The molecule has 0 saturated carbocycles. The van der Waals surface area contributed by atoms with Crippen LogP contribution in [0.3, 0.4) is 0 Å². The summed E-state index contributed by atoms with van der Waals surface area (Å²) in [5.74, 6) is 0.282. The molecule has 0 fully saturated rings. The standard InChI is InChI=1S/C11H15NO/c1-8-4-9-10(13)5-11(2,3)7-12(9)6-8/h4,6H,5,7H2,1-3H3. The average molecular weight is 177 g/mol. The summed E-state index contributed by atoms with van der Waals surface area (Å²) in [6.45, 7) is 7.28. The fourth-order valence-electron chi connectivity index (χ4n) is 2.06. The highest BCUT2D eigenvalue weighted by Gasteiger charge is 2.30. The Morgan fingerprint density at radius 1 is 1.46 bits per heavy atom. The monoisotopic (exact) mass is 177 g/mol. The van der Waals surface area contributed by atoms with E-state index in [0.717, 1.165) is 12.2 Å². The van der Waals surface area contributed by atoms with E-state index in [9.17, 15) is 4.79 Å². The van der Waals surface area contributed by atoms with Gasteiger partial charge >= 0.3 is 0 Å². The minimum atomic E-state index is 0.121. The van der Waals surface area contributed by atoms with Crippen LogP contribution < -0.4 is 0 Å². The number of carbonyl (C=O) groups excluding carboxylic acids is 1. The number of carbonyl (C=O) groups is 1. The van der Waals surface area contributed by atoms with Crippen molar-refractivity contribution in [1.82, 2.24) is 4.57 Å². The lowest BCUT2D eigenvalue weighted by Gasteiger charge is -2.30. The van der Waals surface area contributed by atoms with Gasteiger partial charge in [0, 0.05) is 19.2 Å². The number of Topliss-reactive ketones (excluding diaryl/α,β-unsaturated/α-hetero) is 1. The van der Waals surface area contributed by atoms with Gasteiger partial charge in [-0.25, -0.2) is 0 Å². The van der Waals surface area contributed by atoms with Gasteiger partial charge in [0.25, 0.3) is 0 Å². The van der Waals surface area contributed by atoms with Crippen molar-refractivity contribution in [3.05, 3.63) is 23.5 Å². The molecule has 0 unspecified atom stereocenters. The first-order valence-corrected chi connectivity index (χ1v) is 4.68. The van der Waals surface area contributed by atoms with E-state index in [-0.39, 0.29) is 11.2 Å². The molecule has 0 spiro atoms. The molecule has 0 amide bonds. The molecule has 2 rings (SSSR count). The van der Waals surface area contributed by atoms with E-state index in [1.807, 2.05) is 13.0 Å². The number of fused-ring (bicyclic) bond motifs is 1. The van der Waals surface area contributed by atoms with E-state index in [2.05, 4.69) is 24.6 Å². The molecule has 0 radical (unpaired) electrons. The number of hydrogen-bond acceptors (Lipinski definition) is 1. The van der Waals surface area contributed by atoms with E-state index < -0.39 is 0 Å². The summed E-state index contributed by atoms with van der Waals surface area (Å²) in [7, 11) is 0. The molecule has 13 heavy (non-hydrogen) atoms. The van der Waals surface area contributed by atoms with Gasteiger partial charge in [-0.1, -0.05) is 13.8 Å². The van der Waals surface area contributed by atoms with Gasteiger partial charge in [-0.05, 0) is 24.0 Å². The normalized spacial score (nSPS) is 20.1. The van der Waals surface area contributed by atoms with Crippen molar-refractivity contribution in [3.8, 4) is 0 Å². The van der Waals surface area contributed by atoms with Crippen molar-refractivity contribution in [2.75, 3.05) is 0 Å². The Bertz CT molecular complexity index is 360. The summed E-state index contributed by atoms with van der Waals surface area (Å²) in [4.78, 5) is 11.7.